The van der Waals surface area contributed by atoms with E-state index in [9.17, 15) is 13.6 Å². The standard InChI is InChI=1S/C18H14F2N2O2/c1-11-2-5-14-16(6-7-18(23)24)21-22(17(14)8-11)10-12-3-4-13(19)9-15(12)20/h2-9H,10H2,1H3,(H,23,24)/b7-6+. The molecule has 0 spiro atoms. The molecule has 0 aliphatic rings. The number of carboxylic acid groups (broad SMARTS) is 1. The number of aromatic nitrogens is 2. The Bertz CT molecular complexity index is 961. The molecule has 0 saturated carbocycles. The summed E-state index contributed by atoms with van der Waals surface area (Å²) in [6.07, 6.45) is 2.40. The van der Waals surface area contributed by atoms with Crippen molar-refractivity contribution in [1.29, 1.82) is 0 Å². The molecule has 2 aromatic carbocycles. The summed E-state index contributed by atoms with van der Waals surface area (Å²) in [7, 11) is 0. The minimum atomic E-state index is -1.07. The van der Waals surface area contributed by atoms with Crippen LogP contribution in [0.15, 0.2) is 42.5 Å². The molecule has 24 heavy (non-hydrogen) atoms. The highest BCUT2D eigenvalue weighted by Gasteiger charge is 2.12. The SMILES string of the molecule is Cc1ccc2c(/C=C/C(=O)O)nn(Cc3ccc(F)cc3F)c2c1. The summed E-state index contributed by atoms with van der Waals surface area (Å²) in [5, 5.41) is 13.9. The van der Waals surface area contributed by atoms with E-state index in [0.717, 1.165) is 28.6 Å². The molecular weight excluding hydrogens is 314 g/mol. The summed E-state index contributed by atoms with van der Waals surface area (Å²) in [6.45, 7) is 2.04. The van der Waals surface area contributed by atoms with Gasteiger partial charge in [-0.25, -0.2) is 13.6 Å². The number of fused-ring (bicyclic) bond motifs is 1. The van der Waals surface area contributed by atoms with E-state index in [1.54, 1.807) is 4.68 Å². The fraction of sp³-hybridized carbons (Fsp3) is 0.111. The van der Waals surface area contributed by atoms with Crippen LogP contribution in [0.2, 0.25) is 0 Å². The summed E-state index contributed by atoms with van der Waals surface area (Å²) < 4.78 is 28.5. The van der Waals surface area contributed by atoms with Gasteiger partial charge in [0.2, 0.25) is 0 Å². The Morgan fingerprint density at radius 1 is 1.25 bits per heavy atom. The van der Waals surface area contributed by atoms with Gasteiger partial charge in [-0.1, -0.05) is 18.2 Å². The monoisotopic (exact) mass is 328 g/mol. The van der Waals surface area contributed by atoms with Gasteiger partial charge in [0.05, 0.1) is 17.8 Å². The molecule has 0 aliphatic carbocycles. The lowest BCUT2D eigenvalue weighted by molar-refractivity contribution is -0.131. The van der Waals surface area contributed by atoms with E-state index < -0.39 is 17.6 Å². The first-order chi connectivity index (χ1) is 11.4. The summed E-state index contributed by atoms with van der Waals surface area (Å²) in [5.41, 5.74) is 2.53. The van der Waals surface area contributed by atoms with Gasteiger partial charge in [-0.2, -0.15) is 5.10 Å². The quantitative estimate of drug-likeness (QED) is 0.742. The molecule has 1 N–H and O–H groups in total. The number of aliphatic carboxylic acids is 1. The van der Waals surface area contributed by atoms with E-state index in [-0.39, 0.29) is 6.54 Å². The van der Waals surface area contributed by atoms with Crippen LogP contribution in [0.4, 0.5) is 8.78 Å². The summed E-state index contributed by atoms with van der Waals surface area (Å²) in [6, 6.07) is 9.03. The van der Waals surface area contributed by atoms with E-state index in [0.29, 0.717) is 11.3 Å². The van der Waals surface area contributed by atoms with Crippen LogP contribution in [0.3, 0.4) is 0 Å². The topological polar surface area (TPSA) is 55.1 Å². The predicted octanol–water partition coefficient (Wildman–Crippen LogP) is 3.77. The highest BCUT2D eigenvalue weighted by molar-refractivity contribution is 5.92. The van der Waals surface area contributed by atoms with Crippen molar-refractivity contribution >= 4 is 22.9 Å². The van der Waals surface area contributed by atoms with Crippen LogP contribution in [0.25, 0.3) is 17.0 Å². The second-order valence-corrected chi connectivity index (χ2v) is 5.47. The zero-order valence-electron chi connectivity index (χ0n) is 12.8. The van der Waals surface area contributed by atoms with Gasteiger partial charge in [-0.05, 0) is 30.7 Å². The van der Waals surface area contributed by atoms with Crippen molar-refractivity contribution in [3.63, 3.8) is 0 Å². The van der Waals surface area contributed by atoms with Crippen LogP contribution >= 0.6 is 0 Å². The van der Waals surface area contributed by atoms with Gasteiger partial charge in [-0.3, -0.25) is 4.68 Å². The Hall–Kier alpha value is -3.02. The zero-order valence-corrected chi connectivity index (χ0v) is 12.8. The Morgan fingerprint density at radius 3 is 2.75 bits per heavy atom. The van der Waals surface area contributed by atoms with Gasteiger partial charge in [0.15, 0.2) is 0 Å². The lowest BCUT2D eigenvalue weighted by atomic mass is 10.1. The third kappa shape index (κ3) is 3.17. The Balaban J connectivity index is 2.09. The van der Waals surface area contributed by atoms with Crippen LogP contribution < -0.4 is 0 Å². The van der Waals surface area contributed by atoms with Gasteiger partial charge in [0.25, 0.3) is 0 Å². The number of rotatable bonds is 4. The molecule has 0 bridgehead atoms. The number of carboxylic acids is 1. The van der Waals surface area contributed by atoms with Crippen molar-refractivity contribution in [2.45, 2.75) is 13.5 Å². The normalized spacial score (nSPS) is 11.5. The van der Waals surface area contributed by atoms with E-state index in [4.69, 9.17) is 5.11 Å². The van der Waals surface area contributed by atoms with Gasteiger partial charge in [-0.15, -0.1) is 0 Å². The van der Waals surface area contributed by atoms with Crippen molar-refractivity contribution in [2.75, 3.05) is 0 Å². The second-order valence-electron chi connectivity index (χ2n) is 5.47. The first kappa shape index (κ1) is 15.9. The Morgan fingerprint density at radius 2 is 2.04 bits per heavy atom. The number of benzene rings is 2. The lowest BCUT2D eigenvalue weighted by Crippen LogP contribution is -2.04. The Kier molecular flexibility index (Phi) is 4.12. The highest BCUT2D eigenvalue weighted by Crippen LogP contribution is 2.23. The number of hydrogen-bond acceptors (Lipinski definition) is 2. The average molecular weight is 328 g/mol. The maximum Gasteiger partial charge on any atom is 0.328 e. The maximum absolute atomic E-state index is 13.9. The fourth-order valence-electron chi connectivity index (χ4n) is 2.51. The minimum Gasteiger partial charge on any atom is -0.478 e. The lowest BCUT2D eigenvalue weighted by Gasteiger charge is -2.06. The number of aryl methyl sites for hydroxylation is 1. The fourth-order valence-corrected chi connectivity index (χ4v) is 2.51. The molecule has 0 atom stereocenters. The molecule has 4 nitrogen and oxygen atoms in total. The van der Waals surface area contributed by atoms with Crippen LogP contribution in [0, 0.1) is 18.6 Å². The zero-order chi connectivity index (χ0) is 17.3. The van der Waals surface area contributed by atoms with Crippen molar-refractivity contribution in [3.8, 4) is 0 Å². The second kappa shape index (κ2) is 6.23. The average Bonchev–Trinajstić information content (AvgIpc) is 2.85. The summed E-state index contributed by atoms with van der Waals surface area (Å²) in [5.74, 6) is -2.36. The van der Waals surface area contributed by atoms with Gasteiger partial charge < -0.3 is 5.11 Å². The number of carbonyl (C=O) groups is 1. The number of hydrogen-bond donors (Lipinski definition) is 1. The molecule has 0 fully saturated rings. The molecule has 0 radical (unpaired) electrons. The van der Waals surface area contributed by atoms with Crippen molar-refractivity contribution < 1.29 is 18.7 Å². The largest absolute Gasteiger partial charge is 0.478 e. The highest BCUT2D eigenvalue weighted by atomic mass is 19.1. The molecule has 0 unspecified atom stereocenters. The molecule has 1 aromatic heterocycles. The molecule has 1 heterocycles. The third-order valence-electron chi connectivity index (χ3n) is 3.65. The van der Waals surface area contributed by atoms with Crippen LogP contribution in [-0.2, 0) is 11.3 Å². The summed E-state index contributed by atoms with van der Waals surface area (Å²) in [4.78, 5) is 10.7. The maximum atomic E-state index is 13.9. The minimum absolute atomic E-state index is 0.118. The van der Waals surface area contributed by atoms with E-state index >= 15 is 0 Å². The van der Waals surface area contributed by atoms with E-state index in [1.165, 1.54) is 18.2 Å². The summed E-state index contributed by atoms with van der Waals surface area (Å²) >= 11 is 0. The van der Waals surface area contributed by atoms with Crippen molar-refractivity contribution in [1.82, 2.24) is 9.78 Å². The number of halogens is 2. The molecule has 3 rings (SSSR count). The molecule has 122 valence electrons. The van der Waals surface area contributed by atoms with Gasteiger partial charge in [0.1, 0.15) is 11.6 Å². The first-order valence-electron chi connectivity index (χ1n) is 7.26. The Labute approximate surface area is 136 Å². The van der Waals surface area contributed by atoms with Gasteiger partial charge in [0, 0.05) is 23.1 Å². The number of nitrogens with zero attached hydrogens (tertiary/aromatic N) is 2. The van der Waals surface area contributed by atoms with Crippen LogP contribution in [-0.4, -0.2) is 20.9 Å². The first-order valence-corrected chi connectivity index (χ1v) is 7.26. The van der Waals surface area contributed by atoms with Crippen LogP contribution in [0.5, 0.6) is 0 Å². The van der Waals surface area contributed by atoms with Crippen LogP contribution in [0.1, 0.15) is 16.8 Å². The van der Waals surface area contributed by atoms with E-state index in [1.807, 2.05) is 25.1 Å². The smallest absolute Gasteiger partial charge is 0.328 e. The molecule has 3 aromatic rings. The molecular formula is C18H14F2N2O2. The van der Waals surface area contributed by atoms with Crippen molar-refractivity contribution in [2.24, 2.45) is 0 Å². The molecule has 0 aliphatic heterocycles. The molecule has 0 saturated heterocycles. The predicted molar refractivity (Wildman–Crippen MR) is 86.6 cm³/mol. The molecule has 0 amide bonds. The third-order valence-corrected chi connectivity index (χ3v) is 3.65. The molecule has 6 heteroatoms. The van der Waals surface area contributed by atoms with Crippen molar-refractivity contribution in [3.05, 3.63) is 70.9 Å². The van der Waals surface area contributed by atoms with Gasteiger partial charge >= 0.3 is 5.97 Å². The van der Waals surface area contributed by atoms with E-state index in [2.05, 4.69) is 5.10 Å².